The number of sulfonamides is 1. The number of anilines is 1. The third-order valence-corrected chi connectivity index (χ3v) is 11.1. The molecule has 0 amide bonds. The average Bonchev–Trinajstić information content (AvgIpc) is 3.57. The highest BCUT2D eigenvalue weighted by Crippen LogP contribution is 2.39. The summed E-state index contributed by atoms with van der Waals surface area (Å²) in [7, 11) is 0.0832. The number of pyridine rings is 1. The van der Waals surface area contributed by atoms with Gasteiger partial charge in [0.05, 0.1) is 12.0 Å². The smallest absolute Gasteiger partial charge is 0.243 e. The lowest BCUT2D eigenvalue weighted by Crippen LogP contribution is -2.58. The normalized spacial score (nSPS) is 19.8. The van der Waals surface area contributed by atoms with E-state index in [2.05, 4.69) is 35.6 Å². The standard InChI is InChI=1S/C29H39N5O3S2/c1-20(30-28-31-25-14-15-26(37-5)32-27(25)38-28)24(18-21-8-6-7-9-21)22-10-12-23(13-11-22)39(35,36)34-17-16-33(4)29(2,3)19-34/h10-15,21,24H,1,6-9,16-19H2,2-5H3,(H,30,31)/t24-/m0/s1. The first-order chi connectivity index (χ1) is 18.6. The molecule has 2 fully saturated rings. The number of benzene rings is 1. The van der Waals surface area contributed by atoms with Crippen LogP contribution < -0.4 is 10.1 Å². The fourth-order valence-electron chi connectivity index (χ4n) is 5.67. The van der Waals surface area contributed by atoms with Crippen LogP contribution in [0.4, 0.5) is 5.13 Å². The van der Waals surface area contributed by atoms with E-state index in [1.54, 1.807) is 23.5 Å². The van der Waals surface area contributed by atoms with Gasteiger partial charge < -0.3 is 10.1 Å². The lowest BCUT2D eigenvalue weighted by Gasteiger charge is -2.44. The predicted molar refractivity (Wildman–Crippen MR) is 158 cm³/mol. The molecule has 0 unspecified atom stereocenters. The second kappa shape index (κ2) is 11.2. The number of aromatic nitrogens is 2. The number of methoxy groups -OCH3 is 1. The van der Waals surface area contributed by atoms with Crippen LogP contribution in [0.1, 0.15) is 57.4 Å². The van der Waals surface area contributed by atoms with Crippen molar-refractivity contribution in [2.75, 3.05) is 39.1 Å². The van der Waals surface area contributed by atoms with Crippen LogP contribution in [-0.4, -0.2) is 66.9 Å². The van der Waals surface area contributed by atoms with Crippen LogP contribution in [0.2, 0.25) is 0 Å². The van der Waals surface area contributed by atoms with E-state index in [0.29, 0.717) is 36.3 Å². The van der Waals surface area contributed by atoms with Crippen molar-refractivity contribution in [1.82, 2.24) is 19.2 Å². The molecule has 39 heavy (non-hydrogen) atoms. The molecule has 2 aromatic heterocycles. The Kier molecular flexibility index (Phi) is 8.01. The largest absolute Gasteiger partial charge is 0.481 e. The second-order valence-corrected chi connectivity index (χ2v) is 14.3. The summed E-state index contributed by atoms with van der Waals surface area (Å²) in [4.78, 5) is 12.5. The number of nitrogens with one attached hydrogen (secondary N) is 1. The summed E-state index contributed by atoms with van der Waals surface area (Å²) in [5, 5.41) is 4.19. The molecule has 0 bridgehead atoms. The van der Waals surface area contributed by atoms with E-state index in [1.807, 2.05) is 31.3 Å². The number of fused-ring (bicyclic) bond motifs is 1. The monoisotopic (exact) mass is 569 g/mol. The Hall–Kier alpha value is -2.53. The van der Waals surface area contributed by atoms with Crippen molar-refractivity contribution >= 4 is 36.8 Å². The molecule has 1 aromatic carbocycles. The highest BCUT2D eigenvalue weighted by molar-refractivity contribution is 7.89. The van der Waals surface area contributed by atoms with E-state index in [9.17, 15) is 8.42 Å². The molecule has 1 N–H and O–H groups in total. The summed E-state index contributed by atoms with van der Waals surface area (Å²) >= 11 is 1.47. The molecule has 10 heteroatoms. The topological polar surface area (TPSA) is 87.7 Å². The molecule has 210 valence electrons. The molecule has 0 spiro atoms. The van der Waals surface area contributed by atoms with Gasteiger partial charge >= 0.3 is 0 Å². The van der Waals surface area contributed by atoms with Crippen molar-refractivity contribution in [1.29, 1.82) is 0 Å². The Bertz CT molecular complexity index is 1430. The van der Waals surface area contributed by atoms with Gasteiger partial charge in [0.15, 0.2) is 5.13 Å². The lowest BCUT2D eigenvalue weighted by molar-refractivity contribution is 0.0801. The molecule has 3 heterocycles. The van der Waals surface area contributed by atoms with Gasteiger partial charge in [-0.15, -0.1) is 0 Å². The maximum atomic E-state index is 13.5. The quantitative estimate of drug-likeness (QED) is 0.353. The minimum atomic E-state index is -3.57. The molecule has 1 aliphatic carbocycles. The summed E-state index contributed by atoms with van der Waals surface area (Å²) in [6, 6.07) is 11.2. The minimum Gasteiger partial charge on any atom is -0.481 e. The van der Waals surface area contributed by atoms with Gasteiger partial charge in [0, 0.05) is 42.9 Å². The molecule has 1 saturated heterocycles. The summed E-state index contributed by atoms with van der Waals surface area (Å²) in [5.74, 6) is 1.23. The fourth-order valence-corrected chi connectivity index (χ4v) is 8.12. The number of likely N-dealkylation sites (N-methyl/N-ethyl adjacent to an activating group) is 1. The molecule has 2 aliphatic rings. The third kappa shape index (κ3) is 5.99. The zero-order valence-corrected chi connectivity index (χ0v) is 24.9. The van der Waals surface area contributed by atoms with Gasteiger partial charge in [-0.05, 0) is 57.0 Å². The Labute approximate surface area is 236 Å². The molecule has 0 radical (unpaired) electrons. The number of rotatable bonds is 9. The van der Waals surface area contributed by atoms with Gasteiger partial charge in [-0.1, -0.05) is 55.7 Å². The number of piperazine rings is 1. The number of nitrogens with zero attached hydrogens (tertiary/aromatic N) is 4. The molecule has 5 rings (SSSR count). The maximum Gasteiger partial charge on any atom is 0.243 e. The van der Waals surface area contributed by atoms with Crippen LogP contribution in [0.5, 0.6) is 5.88 Å². The SMILES string of the molecule is C=C(Nc1nc2ccc(OC)nc2s1)[C@H](CC1CCCC1)c1ccc(S(=O)(=O)N2CCN(C)C(C)(C)C2)cc1. The molecular weight excluding hydrogens is 530 g/mol. The number of hydrogen-bond acceptors (Lipinski definition) is 8. The first kappa shape index (κ1) is 28.0. The predicted octanol–water partition coefficient (Wildman–Crippen LogP) is 5.70. The summed E-state index contributed by atoms with van der Waals surface area (Å²) < 4.78 is 33.9. The van der Waals surface area contributed by atoms with Gasteiger partial charge in [-0.2, -0.15) is 4.31 Å². The van der Waals surface area contributed by atoms with Gasteiger partial charge in [-0.25, -0.2) is 18.4 Å². The number of thiazole rings is 1. The van der Waals surface area contributed by atoms with Gasteiger partial charge in [0.1, 0.15) is 10.3 Å². The van der Waals surface area contributed by atoms with Crippen LogP contribution in [0.3, 0.4) is 0 Å². The first-order valence-electron chi connectivity index (χ1n) is 13.7. The van der Waals surface area contributed by atoms with Crippen LogP contribution in [0.15, 0.2) is 53.6 Å². The highest BCUT2D eigenvalue weighted by Gasteiger charge is 2.37. The van der Waals surface area contributed by atoms with Crippen molar-refractivity contribution < 1.29 is 13.2 Å². The second-order valence-electron chi connectivity index (χ2n) is 11.4. The van der Waals surface area contributed by atoms with Crippen LogP contribution >= 0.6 is 11.3 Å². The Morgan fingerprint density at radius 3 is 2.54 bits per heavy atom. The van der Waals surface area contributed by atoms with Crippen LogP contribution in [0.25, 0.3) is 10.3 Å². The minimum absolute atomic E-state index is 0.0435. The fraction of sp³-hybridized carbons (Fsp3) is 0.517. The summed E-state index contributed by atoms with van der Waals surface area (Å²) in [5.41, 5.74) is 2.54. The van der Waals surface area contributed by atoms with E-state index in [1.165, 1.54) is 37.0 Å². The van der Waals surface area contributed by atoms with E-state index >= 15 is 0 Å². The summed E-state index contributed by atoms with van der Waals surface area (Å²) in [6.07, 6.45) is 5.95. The number of ether oxygens (including phenoxy) is 1. The van der Waals surface area contributed by atoms with Crippen molar-refractivity contribution in [2.24, 2.45) is 5.92 Å². The van der Waals surface area contributed by atoms with Crippen molar-refractivity contribution in [3.63, 3.8) is 0 Å². The lowest BCUT2D eigenvalue weighted by atomic mass is 9.86. The number of hydrogen-bond donors (Lipinski definition) is 1. The van der Waals surface area contributed by atoms with E-state index in [0.717, 1.165) is 33.2 Å². The van der Waals surface area contributed by atoms with E-state index < -0.39 is 10.0 Å². The average molecular weight is 570 g/mol. The van der Waals surface area contributed by atoms with E-state index in [-0.39, 0.29) is 11.5 Å². The molecule has 1 atom stereocenters. The third-order valence-electron chi connectivity index (χ3n) is 8.37. The zero-order valence-electron chi connectivity index (χ0n) is 23.3. The Balaban J connectivity index is 1.37. The molecule has 1 saturated carbocycles. The Morgan fingerprint density at radius 2 is 1.87 bits per heavy atom. The molecule has 1 aliphatic heterocycles. The van der Waals surface area contributed by atoms with Crippen molar-refractivity contribution in [3.8, 4) is 5.88 Å². The zero-order chi connectivity index (χ0) is 27.8. The maximum absolute atomic E-state index is 13.5. The molecule has 3 aromatic rings. The molecule has 8 nitrogen and oxygen atoms in total. The highest BCUT2D eigenvalue weighted by atomic mass is 32.2. The van der Waals surface area contributed by atoms with Gasteiger partial charge in [0.2, 0.25) is 15.9 Å². The van der Waals surface area contributed by atoms with Gasteiger partial charge in [-0.3, -0.25) is 4.90 Å². The Morgan fingerprint density at radius 1 is 1.15 bits per heavy atom. The number of allylic oxidation sites excluding steroid dienone is 1. The van der Waals surface area contributed by atoms with Crippen molar-refractivity contribution in [3.05, 3.63) is 54.2 Å². The van der Waals surface area contributed by atoms with Crippen molar-refractivity contribution in [2.45, 2.75) is 62.3 Å². The van der Waals surface area contributed by atoms with E-state index in [4.69, 9.17) is 9.72 Å². The van der Waals surface area contributed by atoms with Crippen LogP contribution in [0, 0.1) is 5.92 Å². The molecular formula is C29H39N5O3S2. The van der Waals surface area contributed by atoms with Gasteiger partial charge in [0.25, 0.3) is 0 Å². The van der Waals surface area contributed by atoms with Crippen LogP contribution in [-0.2, 0) is 10.0 Å². The summed E-state index contributed by atoms with van der Waals surface area (Å²) in [6.45, 7) is 10.3. The first-order valence-corrected chi connectivity index (χ1v) is 15.9.